The Hall–Kier alpha value is -0.820. The topological polar surface area (TPSA) is 12.0 Å². The minimum absolute atomic E-state index is 0.685. The van der Waals surface area contributed by atoms with Gasteiger partial charge >= 0.3 is 0 Å². The molecule has 1 atom stereocenters. The first-order valence-electron chi connectivity index (χ1n) is 7.90. The smallest absolute Gasteiger partial charge is 0.00701 e. The fourth-order valence-corrected chi connectivity index (χ4v) is 2.51. The Balaban J connectivity index is 2.33. The van der Waals surface area contributed by atoms with Gasteiger partial charge in [-0.2, -0.15) is 0 Å². The molecule has 1 heteroatoms. The van der Waals surface area contributed by atoms with Gasteiger partial charge in [0.15, 0.2) is 0 Å². The third-order valence-electron chi connectivity index (χ3n) is 3.73. The van der Waals surface area contributed by atoms with Crippen molar-refractivity contribution < 1.29 is 0 Å². The van der Waals surface area contributed by atoms with Crippen LogP contribution in [0.15, 0.2) is 24.3 Å². The number of benzene rings is 1. The van der Waals surface area contributed by atoms with Crippen LogP contribution in [0.2, 0.25) is 0 Å². The lowest BCUT2D eigenvalue weighted by atomic mass is 9.98. The van der Waals surface area contributed by atoms with Crippen molar-refractivity contribution >= 4 is 0 Å². The van der Waals surface area contributed by atoms with Crippen LogP contribution in [-0.4, -0.2) is 12.6 Å². The van der Waals surface area contributed by atoms with E-state index in [1.807, 2.05) is 0 Å². The van der Waals surface area contributed by atoms with Gasteiger partial charge in [-0.05, 0) is 44.2 Å². The maximum Gasteiger partial charge on any atom is 0.00701 e. The van der Waals surface area contributed by atoms with E-state index in [2.05, 4.69) is 57.3 Å². The van der Waals surface area contributed by atoms with Crippen LogP contribution in [0.4, 0.5) is 0 Å². The lowest BCUT2D eigenvalue weighted by Crippen LogP contribution is -2.29. The van der Waals surface area contributed by atoms with Crippen LogP contribution in [0, 0.1) is 12.8 Å². The largest absolute Gasteiger partial charge is 0.314 e. The molecular formula is C18H31N. The Morgan fingerprint density at radius 1 is 1.00 bits per heavy atom. The van der Waals surface area contributed by atoms with Crippen molar-refractivity contribution in [2.75, 3.05) is 6.54 Å². The van der Waals surface area contributed by atoms with E-state index in [4.69, 9.17) is 0 Å². The summed E-state index contributed by atoms with van der Waals surface area (Å²) in [5, 5.41) is 3.64. The second-order valence-corrected chi connectivity index (χ2v) is 6.10. The summed E-state index contributed by atoms with van der Waals surface area (Å²) in [7, 11) is 0. The van der Waals surface area contributed by atoms with Crippen LogP contribution in [0.25, 0.3) is 0 Å². The van der Waals surface area contributed by atoms with Crippen LogP contribution in [0.1, 0.15) is 57.6 Å². The molecule has 0 aliphatic rings. The average Bonchev–Trinajstić information content (AvgIpc) is 2.37. The van der Waals surface area contributed by atoms with Gasteiger partial charge in [-0.25, -0.2) is 0 Å². The molecule has 0 aliphatic heterocycles. The van der Waals surface area contributed by atoms with Crippen molar-refractivity contribution in [3.63, 3.8) is 0 Å². The van der Waals surface area contributed by atoms with E-state index in [0.29, 0.717) is 6.04 Å². The quantitative estimate of drug-likeness (QED) is 0.677. The van der Waals surface area contributed by atoms with E-state index in [-0.39, 0.29) is 0 Å². The SMILES string of the molecule is CCNC(CCCC(C)C)CCc1ccc(C)cc1. The van der Waals surface area contributed by atoms with Crippen molar-refractivity contribution in [3.8, 4) is 0 Å². The zero-order valence-corrected chi connectivity index (χ0v) is 13.2. The molecule has 0 saturated heterocycles. The summed E-state index contributed by atoms with van der Waals surface area (Å²) in [4.78, 5) is 0. The Morgan fingerprint density at radius 3 is 2.26 bits per heavy atom. The van der Waals surface area contributed by atoms with E-state index < -0.39 is 0 Å². The fraction of sp³-hybridized carbons (Fsp3) is 0.667. The molecule has 0 saturated carbocycles. The van der Waals surface area contributed by atoms with Gasteiger partial charge in [0.05, 0.1) is 0 Å². The molecule has 0 heterocycles. The molecule has 0 fully saturated rings. The minimum Gasteiger partial charge on any atom is -0.314 e. The molecular weight excluding hydrogens is 230 g/mol. The van der Waals surface area contributed by atoms with E-state index in [1.54, 1.807) is 0 Å². The first-order chi connectivity index (χ1) is 9.11. The summed E-state index contributed by atoms with van der Waals surface area (Å²) in [6.07, 6.45) is 6.47. The van der Waals surface area contributed by atoms with Gasteiger partial charge in [0.1, 0.15) is 0 Å². The zero-order chi connectivity index (χ0) is 14.1. The Bertz CT molecular complexity index is 326. The third kappa shape index (κ3) is 7.37. The highest BCUT2D eigenvalue weighted by molar-refractivity contribution is 5.21. The van der Waals surface area contributed by atoms with Gasteiger partial charge in [0, 0.05) is 6.04 Å². The Kier molecular flexibility index (Phi) is 7.81. The molecule has 0 bridgehead atoms. The summed E-state index contributed by atoms with van der Waals surface area (Å²) in [6, 6.07) is 9.66. The van der Waals surface area contributed by atoms with E-state index in [9.17, 15) is 0 Å². The van der Waals surface area contributed by atoms with Crippen LogP contribution >= 0.6 is 0 Å². The molecule has 1 aromatic carbocycles. The first kappa shape index (κ1) is 16.2. The zero-order valence-electron chi connectivity index (χ0n) is 13.2. The molecule has 0 spiro atoms. The van der Waals surface area contributed by atoms with Gasteiger partial charge in [0.2, 0.25) is 0 Å². The van der Waals surface area contributed by atoms with Gasteiger partial charge in [-0.1, -0.05) is 63.4 Å². The molecule has 19 heavy (non-hydrogen) atoms. The molecule has 1 aromatic rings. The first-order valence-corrected chi connectivity index (χ1v) is 7.90. The normalized spacial score (nSPS) is 12.9. The van der Waals surface area contributed by atoms with Crippen LogP contribution < -0.4 is 5.32 Å². The highest BCUT2D eigenvalue weighted by atomic mass is 14.9. The van der Waals surface area contributed by atoms with Crippen molar-refractivity contribution in [2.45, 2.75) is 65.8 Å². The number of rotatable bonds is 9. The molecule has 108 valence electrons. The maximum atomic E-state index is 3.64. The summed E-state index contributed by atoms with van der Waals surface area (Å²) < 4.78 is 0. The predicted octanol–water partition coefficient (Wildman–Crippen LogP) is 4.73. The summed E-state index contributed by atoms with van der Waals surface area (Å²) in [6.45, 7) is 10.1. The van der Waals surface area contributed by atoms with Crippen LogP contribution in [0.5, 0.6) is 0 Å². The van der Waals surface area contributed by atoms with Crippen LogP contribution in [-0.2, 0) is 6.42 Å². The summed E-state index contributed by atoms with van der Waals surface area (Å²) in [5.41, 5.74) is 2.82. The summed E-state index contributed by atoms with van der Waals surface area (Å²) >= 11 is 0. The Labute approximate surface area is 119 Å². The number of hydrogen-bond acceptors (Lipinski definition) is 1. The average molecular weight is 261 g/mol. The molecule has 1 unspecified atom stereocenters. The third-order valence-corrected chi connectivity index (χ3v) is 3.73. The molecule has 1 rings (SSSR count). The van der Waals surface area contributed by atoms with E-state index in [1.165, 1.54) is 43.2 Å². The highest BCUT2D eigenvalue weighted by Gasteiger charge is 2.08. The molecule has 1 nitrogen and oxygen atoms in total. The molecule has 0 aromatic heterocycles. The predicted molar refractivity (Wildman–Crippen MR) is 85.7 cm³/mol. The standard InChI is InChI=1S/C18H31N/c1-5-19-18(8-6-7-15(2)3)14-13-17-11-9-16(4)10-12-17/h9-12,15,18-19H,5-8,13-14H2,1-4H3. The van der Waals surface area contributed by atoms with Gasteiger partial charge in [-0.15, -0.1) is 0 Å². The van der Waals surface area contributed by atoms with E-state index in [0.717, 1.165) is 12.5 Å². The molecule has 0 aliphatic carbocycles. The van der Waals surface area contributed by atoms with Crippen molar-refractivity contribution in [3.05, 3.63) is 35.4 Å². The van der Waals surface area contributed by atoms with Gasteiger partial charge in [-0.3, -0.25) is 0 Å². The second-order valence-electron chi connectivity index (χ2n) is 6.10. The minimum atomic E-state index is 0.685. The fourth-order valence-electron chi connectivity index (χ4n) is 2.51. The summed E-state index contributed by atoms with van der Waals surface area (Å²) in [5.74, 6) is 0.833. The van der Waals surface area contributed by atoms with Crippen molar-refractivity contribution in [2.24, 2.45) is 5.92 Å². The lowest BCUT2D eigenvalue weighted by Gasteiger charge is -2.18. The maximum absolute atomic E-state index is 3.64. The molecule has 1 N–H and O–H groups in total. The number of aryl methyl sites for hydroxylation is 2. The number of hydrogen-bond donors (Lipinski definition) is 1. The monoisotopic (exact) mass is 261 g/mol. The molecule has 0 amide bonds. The van der Waals surface area contributed by atoms with Gasteiger partial charge in [0.25, 0.3) is 0 Å². The highest BCUT2D eigenvalue weighted by Crippen LogP contribution is 2.13. The lowest BCUT2D eigenvalue weighted by molar-refractivity contribution is 0.425. The number of nitrogens with one attached hydrogen (secondary N) is 1. The van der Waals surface area contributed by atoms with Crippen molar-refractivity contribution in [1.82, 2.24) is 5.32 Å². The molecule has 0 radical (unpaired) electrons. The van der Waals surface area contributed by atoms with Crippen molar-refractivity contribution in [1.29, 1.82) is 0 Å². The van der Waals surface area contributed by atoms with E-state index >= 15 is 0 Å². The van der Waals surface area contributed by atoms with Crippen LogP contribution in [0.3, 0.4) is 0 Å². The second kappa shape index (κ2) is 9.14. The van der Waals surface area contributed by atoms with Gasteiger partial charge < -0.3 is 5.32 Å². The Morgan fingerprint density at radius 2 is 1.68 bits per heavy atom.